The van der Waals surface area contributed by atoms with E-state index in [4.69, 9.17) is 4.74 Å². The first-order valence-electron chi connectivity index (χ1n) is 6.74. The van der Waals surface area contributed by atoms with Crippen LogP contribution in [0.3, 0.4) is 0 Å². The minimum Gasteiger partial charge on any atom is -0.496 e. The third-order valence-electron chi connectivity index (χ3n) is 3.16. The highest BCUT2D eigenvalue weighted by molar-refractivity contribution is 6.00. The van der Waals surface area contributed by atoms with Crippen molar-refractivity contribution in [3.63, 3.8) is 0 Å². The zero-order chi connectivity index (χ0) is 15.9. The second kappa shape index (κ2) is 7.38. The molecule has 0 saturated carbocycles. The molecule has 5 nitrogen and oxygen atoms in total. The van der Waals surface area contributed by atoms with Gasteiger partial charge in [-0.2, -0.15) is 0 Å². The van der Waals surface area contributed by atoms with E-state index in [2.05, 4.69) is 10.3 Å². The van der Waals surface area contributed by atoms with Gasteiger partial charge in [-0.1, -0.05) is 24.3 Å². The first-order valence-corrected chi connectivity index (χ1v) is 6.74. The van der Waals surface area contributed by atoms with Gasteiger partial charge in [-0.3, -0.25) is 14.4 Å². The summed E-state index contributed by atoms with van der Waals surface area (Å²) in [6.45, 7) is 0. The number of benzene rings is 2. The van der Waals surface area contributed by atoms with Crippen molar-refractivity contribution in [2.45, 2.75) is 6.42 Å². The van der Waals surface area contributed by atoms with Crippen LogP contribution in [0.15, 0.2) is 48.5 Å². The van der Waals surface area contributed by atoms with Crippen LogP contribution in [-0.2, 0) is 11.3 Å². The van der Waals surface area contributed by atoms with Gasteiger partial charge >= 0.3 is 0 Å². The average molecular weight is 299 g/mol. The third kappa shape index (κ3) is 3.71. The summed E-state index contributed by atoms with van der Waals surface area (Å²) in [7, 11) is 2.90. The lowest BCUT2D eigenvalue weighted by Gasteiger charge is -2.08. The number of hydrogen-bond acceptors (Lipinski definition) is 4. The first kappa shape index (κ1) is 15.7. The Morgan fingerprint density at radius 2 is 1.82 bits per heavy atom. The Balaban J connectivity index is 2.18. The molecule has 0 radical (unpaired) electrons. The molecule has 0 atom stereocenters. The summed E-state index contributed by atoms with van der Waals surface area (Å²) >= 11 is 0. The van der Waals surface area contributed by atoms with E-state index in [9.17, 15) is 9.59 Å². The Kier molecular flexibility index (Phi) is 5.27. The van der Waals surface area contributed by atoms with Crippen LogP contribution in [0.25, 0.3) is 0 Å². The van der Waals surface area contributed by atoms with Crippen molar-refractivity contribution in [3.05, 3.63) is 65.2 Å². The van der Waals surface area contributed by atoms with Gasteiger partial charge in [0, 0.05) is 12.0 Å². The Morgan fingerprint density at radius 3 is 2.55 bits per heavy atom. The van der Waals surface area contributed by atoms with Crippen LogP contribution in [0, 0.1) is 0 Å². The van der Waals surface area contributed by atoms with E-state index in [1.807, 2.05) is 6.07 Å². The Morgan fingerprint density at radius 1 is 1.05 bits per heavy atom. The fourth-order valence-electron chi connectivity index (χ4n) is 2.13. The van der Waals surface area contributed by atoms with Crippen LogP contribution in [-0.4, -0.2) is 25.9 Å². The van der Waals surface area contributed by atoms with Gasteiger partial charge in [-0.05, 0) is 29.8 Å². The smallest absolute Gasteiger partial charge is 0.274 e. The summed E-state index contributed by atoms with van der Waals surface area (Å²) in [6.07, 6.45) is 0.189. The number of carbonyl (C=O) groups is 2. The van der Waals surface area contributed by atoms with Crippen LogP contribution in [0.5, 0.6) is 5.75 Å². The molecule has 0 heterocycles. The lowest BCUT2D eigenvalue weighted by Crippen LogP contribution is -2.21. The van der Waals surface area contributed by atoms with E-state index in [1.54, 1.807) is 42.5 Å². The largest absolute Gasteiger partial charge is 0.496 e. The van der Waals surface area contributed by atoms with E-state index in [0.29, 0.717) is 16.9 Å². The van der Waals surface area contributed by atoms with Gasteiger partial charge in [0.15, 0.2) is 5.78 Å². The predicted octanol–water partition coefficient (Wildman–Crippen LogP) is 2.41. The summed E-state index contributed by atoms with van der Waals surface area (Å²) in [5.74, 6) is 0.122. The summed E-state index contributed by atoms with van der Waals surface area (Å²) in [4.78, 5) is 28.7. The standard InChI is InChI=1S/C17H17NO4/c1-21-16-9-4-3-8-14(16)15(19)11-12-6-5-7-13(10-12)17(20)18-22-2/h3-10H,11H2,1-2H3,(H,18,20). The molecule has 0 saturated heterocycles. The minimum absolute atomic E-state index is 0.0678. The number of ether oxygens (including phenoxy) is 1. The van der Waals surface area contributed by atoms with Crippen LogP contribution >= 0.6 is 0 Å². The van der Waals surface area contributed by atoms with Gasteiger partial charge in [-0.15, -0.1) is 0 Å². The molecular formula is C17H17NO4. The molecule has 0 aliphatic heterocycles. The van der Waals surface area contributed by atoms with Crippen LogP contribution in [0.1, 0.15) is 26.3 Å². The van der Waals surface area contributed by atoms with Crippen LogP contribution < -0.4 is 10.2 Å². The predicted molar refractivity (Wildman–Crippen MR) is 81.9 cm³/mol. The molecule has 0 fully saturated rings. The first-order chi connectivity index (χ1) is 10.7. The molecule has 0 aromatic heterocycles. The number of hydroxylamine groups is 1. The van der Waals surface area contributed by atoms with E-state index < -0.39 is 0 Å². The molecule has 0 aliphatic rings. The fourth-order valence-corrected chi connectivity index (χ4v) is 2.13. The highest BCUT2D eigenvalue weighted by atomic mass is 16.6. The molecule has 0 aliphatic carbocycles. The quantitative estimate of drug-likeness (QED) is 0.657. The highest BCUT2D eigenvalue weighted by Gasteiger charge is 2.13. The normalized spacial score (nSPS) is 10.1. The summed E-state index contributed by atoms with van der Waals surface area (Å²) in [5.41, 5.74) is 3.96. The fraction of sp³-hybridized carbons (Fsp3) is 0.176. The van der Waals surface area contributed by atoms with Crippen molar-refractivity contribution in [2.24, 2.45) is 0 Å². The molecular weight excluding hydrogens is 282 g/mol. The number of ketones is 1. The third-order valence-corrected chi connectivity index (χ3v) is 3.16. The van der Waals surface area contributed by atoms with Crippen LogP contribution in [0.4, 0.5) is 0 Å². The molecule has 22 heavy (non-hydrogen) atoms. The zero-order valence-electron chi connectivity index (χ0n) is 12.5. The molecule has 2 aromatic carbocycles. The van der Waals surface area contributed by atoms with Gasteiger partial charge < -0.3 is 4.74 Å². The second-order valence-corrected chi connectivity index (χ2v) is 4.64. The molecule has 0 bridgehead atoms. The van der Waals surface area contributed by atoms with Crippen molar-refractivity contribution in [1.29, 1.82) is 0 Å². The van der Waals surface area contributed by atoms with Gasteiger partial charge in [0.05, 0.1) is 19.8 Å². The monoisotopic (exact) mass is 299 g/mol. The lowest BCUT2D eigenvalue weighted by molar-refractivity contribution is 0.0537. The van der Waals surface area contributed by atoms with Crippen molar-refractivity contribution in [2.75, 3.05) is 14.2 Å². The Hall–Kier alpha value is -2.66. The highest BCUT2D eigenvalue weighted by Crippen LogP contribution is 2.19. The van der Waals surface area contributed by atoms with Crippen molar-refractivity contribution in [3.8, 4) is 5.75 Å². The lowest BCUT2D eigenvalue weighted by atomic mass is 10.0. The number of carbonyl (C=O) groups excluding carboxylic acids is 2. The maximum Gasteiger partial charge on any atom is 0.274 e. The summed E-state index contributed by atoms with van der Waals surface area (Å²) in [6, 6.07) is 13.9. The van der Waals surface area contributed by atoms with E-state index in [-0.39, 0.29) is 18.1 Å². The van der Waals surface area contributed by atoms with Gasteiger partial charge in [0.1, 0.15) is 5.75 Å². The molecule has 114 valence electrons. The van der Waals surface area contributed by atoms with E-state index >= 15 is 0 Å². The zero-order valence-corrected chi connectivity index (χ0v) is 12.5. The number of amides is 1. The van der Waals surface area contributed by atoms with Gasteiger partial charge in [-0.25, -0.2) is 5.48 Å². The average Bonchev–Trinajstić information content (AvgIpc) is 2.55. The number of para-hydroxylation sites is 1. The molecule has 2 aromatic rings. The number of nitrogens with one attached hydrogen (secondary N) is 1. The van der Waals surface area contributed by atoms with Gasteiger partial charge in [0.25, 0.3) is 5.91 Å². The molecule has 5 heteroatoms. The summed E-state index contributed by atoms with van der Waals surface area (Å²) < 4.78 is 5.20. The molecule has 1 amide bonds. The SMILES string of the molecule is CONC(=O)c1cccc(CC(=O)c2ccccc2OC)c1. The summed E-state index contributed by atoms with van der Waals surface area (Å²) in [5, 5.41) is 0. The van der Waals surface area contributed by atoms with Crippen molar-refractivity contribution < 1.29 is 19.2 Å². The van der Waals surface area contributed by atoms with Crippen LogP contribution in [0.2, 0.25) is 0 Å². The maximum atomic E-state index is 12.4. The van der Waals surface area contributed by atoms with Crippen molar-refractivity contribution in [1.82, 2.24) is 5.48 Å². The maximum absolute atomic E-state index is 12.4. The minimum atomic E-state index is -0.353. The topological polar surface area (TPSA) is 64.6 Å². The molecule has 2 rings (SSSR count). The molecule has 0 unspecified atom stereocenters. The molecule has 1 N–H and O–H groups in total. The Bertz CT molecular complexity index is 682. The Labute approximate surface area is 128 Å². The number of rotatable bonds is 6. The van der Waals surface area contributed by atoms with E-state index in [1.165, 1.54) is 14.2 Å². The number of Topliss-reactive ketones (excluding diaryl/α,β-unsaturated/α-hetero) is 1. The number of methoxy groups -OCH3 is 1. The van der Waals surface area contributed by atoms with Gasteiger partial charge in [0.2, 0.25) is 0 Å². The van der Waals surface area contributed by atoms with Crippen molar-refractivity contribution >= 4 is 11.7 Å². The van der Waals surface area contributed by atoms with E-state index in [0.717, 1.165) is 5.56 Å². The number of hydrogen-bond donors (Lipinski definition) is 1. The second-order valence-electron chi connectivity index (χ2n) is 4.64. The molecule has 0 spiro atoms.